The number of hydrogen-bond acceptors (Lipinski definition) is 4. The summed E-state index contributed by atoms with van der Waals surface area (Å²) < 4.78 is 24.2. The lowest BCUT2D eigenvalue weighted by atomic mass is 10.1. The SMILES string of the molecule is CCNC(CCS(C)(=O)=O)c1cncn1C. The average Bonchev–Trinajstić information content (AvgIpc) is 2.57. The highest BCUT2D eigenvalue weighted by atomic mass is 32.2. The Bertz CT molecular complexity index is 425. The van der Waals surface area contributed by atoms with Crippen LogP contribution in [-0.2, 0) is 16.9 Å². The van der Waals surface area contributed by atoms with Crippen molar-refractivity contribution in [2.75, 3.05) is 18.6 Å². The zero-order valence-electron chi connectivity index (χ0n) is 9.97. The van der Waals surface area contributed by atoms with Crippen molar-refractivity contribution in [3.8, 4) is 0 Å². The number of rotatable bonds is 6. The van der Waals surface area contributed by atoms with Gasteiger partial charge in [0, 0.05) is 19.5 Å². The first-order chi connectivity index (χ1) is 7.44. The predicted molar refractivity (Wildman–Crippen MR) is 64.0 cm³/mol. The van der Waals surface area contributed by atoms with Gasteiger partial charge in [0.15, 0.2) is 0 Å². The number of aryl methyl sites for hydroxylation is 1. The van der Waals surface area contributed by atoms with E-state index in [1.807, 2.05) is 18.5 Å². The van der Waals surface area contributed by atoms with E-state index < -0.39 is 9.84 Å². The number of hydrogen-bond donors (Lipinski definition) is 1. The molecule has 0 bridgehead atoms. The van der Waals surface area contributed by atoms with E-state index in [1.165, 1.54) is 6.26 Å². The average molecular weight is 245 g/mol. The van der Waals surface area contributed by atoms with Crippen LogP contribution in [0, 0.1) is 0 Å². The normalized spacial score (nSPS) is 13.9. The van der Waals surface area contributed by atoms with Crippen LogP contribution >= 0.6 is 0 Å². The molecule has 0 spiro atoms. The topological polar surface area (TPSA) is 64.0 Å². The van der Waals surface area contributed by atoms with E-state index in [9.17, 15) is 8.42 Å². The van der Waals surface area contributed by atoms with Crippen LogP contribution in [0.25, 0.3) is 0 Å². The smallest absolute Gasteiger partial charge is 0.147 e. The van der Waals surface area contributed by atoms with Crippen molar-refractivity contribution in [3.05, 3.63) is 18.2 Å². The van der Waals surface area contributed by atoms with Crippen molar-refractivity contribution in [1.82, 2.24) is 14.9 Å². The molecule has 0 aliphatic rings. The molecule has 1 aromatic rings. The van der Waals surface area contributed by atoms with Gasteiger partial charge in [-0.3, -0.25) is 0 Å². The summed E-state index contributed by atoms with van der Waals surface area (Å²) in [5.74, 6) is 0.190. The first-order valence-corrected chi connectivity index (χ1v) is 7.37. The summed E-state index contributed by atoms with van der Waals surface area (Å²) in [4.78, 5) is 4.04. The van der Waals surface area contributed by atoms with Gasteiger partial charge < -0.3 is 9.88 Å². The molecular weight excluding hydrogens is 226 g/mol. The lowest BCUT2D eigenvalue weighted by Crippen LogP contribution is -2.25. The third-order valence-electron chi connectivity index (χ3n) is 2.44. The third kappa shape index (κ3) is 3.94. The summed E-state index contributed by atoms with van der Waals surface area (Å²) in [5, 5.41) is 3.27. The summed E-state index contributed by atoms with van der Waals surface area (Å²) in [7, 11) is -1.00. The fourth-order valence-electron chi connectivity index (χ4n) is 1.64. The zero-order valence-corrected chi connectivity index (χ0v) is 10.8. The van der Waals surface area contributed by atoms with Crippen molar-refractivity contribution >= 4 is 9.84 Å². The molecule has 1 N–H and O–H groups in total. The molecule has 92 valence electrons. The molecule has 1 atom stereocenters. The molecule has 6 heteroatoms. The van der Waals surface area contributed by atoms with E-state index in [4.69, 9.17) is 0 Å². The standard InChI is InChI=1S/C10H19N3O2S/c1-4-12-9(5-6-16(3,14)15)10-7-11-8-13(10)2/h7-9,12H,4-6H2,1-3H3. The van der Waals surface area contributed by atoms with E-state index in [1.54, 1.807) is 12.5 Å². The van der Waals surface area contributed by atoms with E-state index in [0.717, 1.165) is 12.2 Å². The molecule has 1 heterocycles. The molecule has 0 amide bonds. The maximum Gasteiger partial charge on any atom is 0.147 e. The Morgan fingerprint density at radius 3 is 2.69 bits per heavy atom. The maximum absolute atomic E-state index is 11.1. The van der Waals surface area contributed by atoms with Crippen LogP contribution in [0.1, 0.15) is 25.1 Å². The highest BCUT2D eigenvalue weighted by molar-refractivity contribution is 7.90. The Morgan fingerprint density at radius 2 is 2.25 bits per heavy atom. The van der Waals surface area contributed by atoms with Gasteiger partial charge in [-0.15, -0.1) is 0 Å². The number of nitrogens with zero attached hydrogens (tertiary/aromatic N) is 2. The number of imidazole rings is 1. The van der Waals surface area contributed by atoms with Crippen molar-refractivity contribution in [3.63, 3.8) is 0 Å². The van der Waals surface area contributed by atoms with Crippen LogP contribution in [0.4, 0.5) is 0 Å². The van der Waals surface area contributed by atoms with Gasteiger partial charge in [-0.2, -0.15) is 0 Å². The van der Waals surface area contributed by atoms with Crippen molar-refractivity contribution in [1.29, 1.82) is 0 Å². The zero-order chi connectivity index (χ0) is 12.2. The van der Waals surface area contributed by atoms with Crippen LogP contribution in [0.15, 0.2) is 12.5 Å². The van der Waals surface area contributed by atoms with Gasteiger partial charge in [0.05, 0.1) is 23.8 Å². The Labute approximate surface area is 96.8 Å². The van der Waals surface area contributed by atoms with Gasteiger partial charge in [0.25, 0.3) is 0 Å². The predicted octanol–water partition coefficient (Wildman–Crippen LogP) is 0.505. The van der Waals surface area contributed by atoms with Gasteiger partial charge in [-0.1, -0.05) is 6.92 Å². The van der Waals surface area contributed by atoms with Gasteiger partial charge in [0.1, 0.15) is 9.84 Å². The fourth-order valence-corrected chi connectivity index (χ4v) is 2.30. The summed E-state index contributed by atoms with van der Waals surface area (Å²) in [5.41, 5.74) is 1.02. The minimum atomic E-state index is -2.91. The highest BCUT2D eigenvalue weighted by Gasteiger charge is 2.15. The summed E-state index contributed by atoms with van der Waals surface area (Å²) in [6, 6.07) is 0.0484. The Kier molecular flexibility index (Phi) is 4.49. The van der Waals surface area contributed by atoms with Crippen LogP contribution in [0.2, 0.25) is 0 Å². The van der Waals surface area contributed by atoms with Crippen molar-refractivity contribution < 1.29 is 8.42 Å². The second-order valence-corrected chi connectivity index (χ2v) is 6.22. The largest absolute Gasteiger partial charge is 0.336 e. The Balaban J connectivity index is 2.72. The second-order valence-electron chi connectivity index (χ2n) is 3.96. The second kappa shape index (κ2) is 5.45. The third-order valence-corrected chi connectivity index (χ3v) is 3.42. The molecule has 1 rings (SSSR count). The molecule has 1 unspecified atom stereocenters. The number of sulfone groups is 1. The monoisotopic (exact) mass is 245 g/mol. The van der Waals surface area contributed by atoms with E-state index in [-0.39, 0.29) is 11.8 Å². The Morgan fingerprint density at radius 1 is 1.56 bits per heavy atom. The fraction of sp³-hybridized carbons (Fsp3) is 0.700. The van der Waals surface area contributed by atoms with Gasteiger partial charge in [0.2, 0.25) is 0 Å². The van der Waals surface area contributed by atoms with Gasteiger partial charge >= 0.3 is 0 Å². The molecule has 0 aliphatic carbocycles. The van der Waals surface area contributed by atoms with Crippen LogP contribution in [0.5, 0.6) is 0 Å². The molecule has 0 saturated carbocycles. The molecule has 0 fully saturated rings. The Hall–Kier alpha value is -0.880. The molecular formula is C10H19N3O2S. The molecule has 5 nitrogen and oxygen atoms in total. The van der Waals surface area contributed by atoms with E-state index in [2.05, 4.69) is 10.3 Å². The van der Waals surface area contributed by atoms with E-state index in [0.29, 0.717) is 6.42 Å². The van der Waals surface area contributed by atoms with Gasteiger partial charge in [-0.25, -0.2) is 13.4 Å². The summed E-state index contributed by atoms with van der Waals surface area (Å²) >= 11 is 0. The van der Waals surface area contributed by atoms with Crippen LogP contribution < -0.4 is 5.32 Å². The summed E-state index contributed by atoms with van der Waals surface area (Å²) in [6.45, 7) is 2.81. The molecule has 0 radical (unpaired) electrons. The lowest BCUT2D eigenvalue weighted by Gasteiger charge is -2.17. The minimum absolute atomic E-state index is 0.0484. The maximum atomic E-state index is 11.1. The molecule has 0 aromatic carbocycles. The van der Waals surface area contributed by atoms with Crippen LogP contribution in [-0.4, -0.2) is 36.5 Å². The van der Waals surface area contributed by atoms with E-state index >= 15 is 0 Å². The molecule has 0 saturated heterocycles. The quantitative estimate of drug-likeness (QED) is 0.793. The number of aromatic nitrogens is 2. The summed E-state index contributed by atoms with van der Waals surface area (Å²) in [6.07, 6.45) is 5.33. The van der Waals surface area contributed by atoms with Gasteiger partial charge in [-0.05, 0) is 13.0 Å². The first-order valence-electron chi connectivity index (χ1n) is 5.31. The lowest BCUT2D eigenvalue weighted by molar-refractivity contribution is 0.505. The highest BCUT2D eigenvalue weighted by Crippen LogP contribution is 2.16. The molecule has 1 aromatic heterocycles. The molecule has 0 aliphatic heterocycles. The number of nitrogens with one attached hydrogen (secondary N) is 1. The minimum Gasteiger partial charge on any atom is -0.336 e. The molecule has 16 heavy (non-hydrogen) atoms. The van der Waals surface area contributed by atoms with Crippen molar-refractivity contribution in [2.45, 2.75) is 19.4 Å². The van der Waals surface area contributed by atoms with Crippen LogP contribution in [0.3, 0.4) is 0 Å². The first kappa shape index (κ1) is 13.2. The van der Waals surface area contributed by atoms with Crippen molar-refractivity contribution in [2.24, 2.45) is 7.05 Å².